The number of rotatable bonds is 3. The number of hydrogen-bond acceptors (Lipinski definition) is 3. The predicted octanol–water partition coefficient (Wildman–Crippen LogP) is 0.992. The molecule has 2 fully saturated rings. The van der Waals surface area contributed by atoms with Crippen LogP contribution in [0.4, 0.5) is 0 Å². The summed E-state index contributed by atoms with van der Waals surface area (Å²) in [6.07, 6.45) is 4.87. The quantitative estimate of drug-likeness (QED) is 0.847. The first kappa shape index (κ1) is 11.2. The topological polar surface area (TPSA) is 33.1 Å². The highest BCUT2D eigenvalue weighted by atomic mass is 15.3. The average molecular weight is 234 g/mol. The van der Waals surface area contributed by atoms with Crippen molar-refractivity contribution in [3.63, 3.8) is 0 Å². The van der Waals surface area contributed by atoms with E-state index >= 15 is 0 Å². The van der Waals surface area contributed by atoms with E-state index < -0.39 is 0 Å². The molecular weight excluding hydrogens is 212 g/mol. The molecule has 1 aromatic rings. The molecule has 2 heterocycles. The second kappa shape index (κ2) is 4.42. The molecule has 0 amide bonds. The van der Waals surface area contributed by atoms with Gasteiger partial charge in [0.05, 0.1) is 5.69 Å². The number of nitrogens with zero attached hydrogens (tertiary/aromatic N) is 3. The van der Waals surface area contributed by atoms with Gasteiger partial charge in [0, 0.05) is 45.0 Å². The van der Waals surface area contributed by atoms with Crippen molar-refractivity contribution >= 4 is 0 Å². The molecule has 4 heteroatoms. The lowest BCUT2D eigenvalue weighted by molar-refractivity contribution is 0.123. The van der Waals surface area contributed by atoms with E-state index in [1.807, 2.05) is 17.9 Å². The predicted molar refractivity (Wildman–Crippen MR) is 67.6 cm³/mol. The largest absolute Gasteiger partial charge is 0.311 e. The first-order chi connectivity index (χ1) is 8.22. The summed E-state index contributed by atoms with van der Waals surface area (Å²) in [7, 11) is 1.98. The molecule has 4 nitrogen and oxygen atoms in total. The van der Waals surface area contributed by atoms with Gasteiger partial charge in [-0.05, 0) is 31.7 Å². The maximum absolute atomic E-state index is 4.48. The van der Waals surface area contributed by atoms with Crippen molar-refractivity contribution in [3.8, 4) is 0 Å². The minimum Gasteiger partial charge on any atom is -0.311 e. The third-order valence-corrected chi connectivity index (χ3v) is 4.05. The number of hydrogen-bond donors (Lipinski definition) is 1. The van der Waals surface area contributed by atoms with E-state index in [1.165, 1.54) is 25.1 Å². The normalized spacial score (nSPS) is 30.7. The Morgan fingerprint density at radius 2 is 2.29 bits per heavy atom. The van der Waals surface area contributed by atoms with Crippen LogP contribution in [-0.2, 0) is 13.6 Å². The Morgan fingerprint density at radius 1 is 1.47 bits per heavy atom. The first-order valence-corrected chi connectivity index (χ1v) is 6.68. The van der Waals surface area contributed by atoms with Crippen molar-refractivity contribution < 1.29 is 0 Å². The zero-order valence-corrected chi connectivity index (χ0v) is 10.8. The molecule has 0 radical (unpaired) electrons. The van der Waals surface area contributed by atoms with Crippen LogP contribution in [0.1, 0.15) is 25.5 Å². The van der Waals surface area contributed by atoms with E-state index in [0.717, 1.165) is 25.0 Å². The van der Waals surface area contributed by atoms with Gasteiger partial charge in [-0.15, -0.1) is 0 Å². The van der Waals surface area contributed by atoms with Crippen molar-refractivity contribution in [3.05, 3.63) is 18.0 Å². The van der Waals surface area contributed by atoms with Gasteiger partial charge in [-0.3, -0.25) is 9.58 Å². The van der Waals surface area contributed by atoms with Crippen LogP contribution in [0.25, 0.3) is 0 Å². The van der Waals surface area contributed by atoms with Crippen LogP contribution in [0.3, 0.4) is 0 Å². The van der Waals surface area contributed by atoms with E-state index in [1.54, 1.807) is 0 Å². The lowest BCUT2D eigenvalue weighted by atomic mass is 10.1. The van der Waals surface area contributed by atoms with Gasteiger partial charge in [0.1, 0.15) is 0 Å². The van der Waals surface area contributed by atoms with Crippen molar-refractivity contribution in [2.45, 2.75) is 38.4 Å². The minimum atomic E-state index is 0.618. The molecule has 0 spiro atoms. The molecule has 1 aliphatic carbocycles. The Morgan fingerprint density at radius 3 is 2.94 bits per heavy atom. The van der Waals surface area contributed by atoms with Gasteiger partial charge >= 0.3 is 0 Å². The standard InChI is InChI=1S/C13H22N4/c1-10-7-14-13(11-3-4-11)9-17(10)8-12-5-6-16(2)15-12/h5-6,10-11,13-14H,3-4,7-9H2,1-2H3. The number of piperazine rings is 1. The van der Waals surface area contributed by atoms with E-state index in [0.29, 0.717) is 6.04 Å². The number of aromatic nitrogens is 2. The van der Waals surface area contributed by atoms with Crippen molar-refractivity contribution in [2.75, 3.05) is 13.1 Å². The molecule has 17 heavy (non-hydrogen) atoms. The molecule has 1 saturated heterocycles. The highest BCUT2D eigenvalue weighted by Gasteiger charge is 2.35. The van der Waals surface area contributed by atoms with Crippen LogP contribution >= 0.6 is 0 Å². The summed E-state index contributed by atoms with van der Waals surface area (Å²) in [5.74, 6) is 0.939. The summed E-state index contributed by atoms with van der Waals surface area (Å²) in [6.45, 7) is 5.60. The van der Waals surface area contributed by atoms with Gasteiger partial charge in [0.15, 0.2) is 0 Å². The third kappa shape index (κ3) is 2.53. The molecule has 1 saturated carbocycles. The number of nitrogens with one attached hydrogen (secondary N) is 1. The summed E-state index contributed by atoms with van der Waals surface area (Å²) in [5.41, 5.74) is 1.19. The van der Waals surface area contributed by atoms with Gasteiger partial charge in [0.25, 0.3) is 0 Å². The Bertz CT molecular complexity index is 383. The molecule has 3 rings (SSSR count). The van der Waals surface area contributed by atoms with Crippen LogP contribution in [0.15, 0.2) is 12.3 Å². The minimum absolute atomic E-state index is 0.618. The molecular formula is C13H22N4. The molecule has 1 aliphatic heterocycles. The molecule has 2 unspecified atom stereocenters. The molecule has 0 aromatic carbocycles. The maximum atomic E-state index is 4.48. The van der Waals surface area contributed by atoms with E-state index in [-0.39, 0.29) is 0 Å². The summed E-state index contributed by atoms with van der Waals surface area (Å²) < 4.78 is 1.89. The molecule has 94 valence electrons. The second-order valence-electron chi connectivity index (χ2n) is 5.61. The van der Waals surface area contributed by atoms with Gasteiger partial charge < -0.3 is 5.32 Å². The molecule has 1 aromatic heterocycles. The van der Waals surface area contributed by atoms with Crippen molar-refractivity contribution in [1.82, 2.24) is 20.0 Å². The molecule has 0 bridgehead atoms. The fourth-order valence-electron chi connectivity index (χ4n) is 2.74. The summed E-state index contributed by atoms with van der Waals surface area (Å²) >= 11 is 0. The zero-order valence-electron chi connectivity index (χ0n) is 10.8. The highest BCUT2D eigenvalue weighted by molar-refractivity contribution is 5.01. The summed E-state index contributed by atoms with van der Waals surface area (Å²) in [4.78, 5) is 2.57. The van der Waals surface area contributed by atoms with Crippen LogP contribution in [0.2, 0.25) is 0 Å². The van der Waals surface area contributed by atoms with Crippen molar-refractivity contribution in [1.29, 1.82) is 0 Å². The number of aryl methyl sites for hydroxylation is 1. The summed E-state index contributed by atoms with van der Waals surface area (Å²) in [6, 6.07) is 3.46. The maximum Gasteiger partial charge on any atom is 0.0764 e. The zero-order chi connectivity index (χ0) is 11.8. The lowest BCUT2D eigenvalue weighted by Gasteiger charge is -2.38. The van der Waals surface area contributed by atoms with E-state index in [4.69, 9.17) is 0 Å². The van der Waals surface area contributed by atoms with Crippen LogP contribution < -0.4 is 5.32 Å². The third-order valence-electron chi connectivity index (χ3n) is 4.05. The molecule has 2 atom stereocenters. The SMILES string of the molecule is CC1CNC(C2CC2)CN1Cc1ccn(C)n1. The highest BCUT2D eigenvalue weighted by Crippen LogP contribution is 2.34. The second-order valence-corrected chi connectivity index (χ2v) is 5.61. The Labute approximate surface area is 103 Å². The smallest absolute Gasteiger partial charge is 0.0764 e. The molecule has 1 N–H and O–H groups in total. The first-order valence-electron chi connectivity index (χ1n) is 6.68. The molecule has 2 aliphatic rings. The monoisotopic (exact) mass is 234 g/mol. The van der Waals surface area contributed by atoms with Gasteiger partial charge in [-0.25, -0.2) is 0 Å². The van der Waals surface area contributed by atoms with Crippen LogP contribution in [0, 0.1) is 5.92 Å². The summed E-state index contributed by atoms with van der Waals surface area (Å²) in [5, 5.41) is 8.16. The van der Waals surface area contributed by atoms with Crippen LogP contribution in [-0.4, -0.2) is 39.9 Å². The lowest BCUT2D eigenvalue weighted by Crippen LogP contribution is -2.55. The fraction of sp³-hybridized carbons (Fsp3) is 0.769. The van der Waals surface area contributed by atoms with Gasteiger partial charge in [0.2, 0.25) is 0 Å². The fourth-order valence-corrected chi connectivity index (χ4v) is 2.74. The Kier molecular flexibility index (Phi) is 2.92. The Balaban J connectivity index is 1.63. The van der Waals surface area contributed by atoms with Gasteiger partial charge in [-0.1, -0.05) is 0 Å². The van der Waals surface area contributed by atoms with E-state index in [2.05, 4.69) is 28.3 Å². The van der Waals surface area contributed by atoms with Gasteiger partial charge in [-0.2, -0.15) is 5.10 Å². The van der Waals surface area contributed by atoms with E-state index in [9.17, 15) is 0 Å². The Hall–Kier alpha value is -0.870. The van der Waals surface area contributed by atoms with Crippen LogP contribution in [0.5, 0.6) is 0 Å². The average Bonchev–Trinajstić information content (AvgIpc) is 3.07. The van der Waals surface area contributed by atoms with Crippen molar-refractivity contribution in [2.24, 2.45) is 13.0 Å².